The van der Waals surface area contributed by atoms with E-state index in [1.165, 1.54) is 44.9 Å². The minimum Gasteiger partial charge on any atom is -0.0651 e. The molecule has 1 fully saturated rings. The predicted octanol–water partition coefficient (Wildman–Crippen LogP) is 5.28. The Morgan fingerprint density at radius 2 is 1.73 bits per heavy atom. The molecule has 0 heteroatoms. The van der Waals surface area contributed by atoms with E-state index in [9.17, 15) is 0 Å². The van der Waals surface area contributed by atoms with Gasteiger partial charge in [-0.2, -0.15) is 0 Å². The monoisotopic (exact) mass is 210 g/mol. The zero-order valence-corrected chi connectivity index (χ0v) is 11.3. The van der Waals surface area contributed by atoms with Crippen LogP contribution in [0.4, 0.5) is 0 Å². The Hall–Kier alpha value is 0. The lowest BCUT2D eigenvalue weighted by Crippen LogP contribution is -2.32. The highest BCUT2D eigenvalue weighted by Gasteiger charge is 2.33. The van der Waals surface area contributed by atoms with E-state index < -0.39 is 0 Å². The first-order chi connectivity index (χ1) is 7.19. The molecule has 1 aliphatic carbocycles. The number of unbranched alkanes of at least 4 members (excludes halogenated alkanes) is 1. The number of rotatable bonds is 7. The van der Waals surface area contributed by atoms with Crippen molar-refractivity contribution < 1.29 is 0 Å². The molecule has 1 saturated carbocycles. The molecule has 0 amide bonds. The van der Waals surface area contributed by atoms with Gasteiger partial charge in [-0.1, -0.05) is 66.2 Å². The van der Waals surface area contributed by atoms with Gasteiger partial charge in [-0.3, -0.25) is 0 Å². The summed E-state index contributed by atoms with van der Waals surface area (Å²) < 4.78 is 0. The summed E-state index contributed by atoms with van der Waals surface area (Å²) in [6, 6.07) is 0. The summed E-state index contributed by atoms with van der Waals surface area (Å²) in [5, 5.41) is 0. The quantitative estimate of drug-likeness (QED) is 0.502. The van der Waals surface area contributed by atoms with Gasteiger partial charge in [0.15, 0.2) is 0 Å². The normalized spacial score (nSPS) is 30.6. The molecule has 0 saturated heterocycles. The van der Waals surface area contributed by atoms with Crippen LogP contribution in [0.3, 0.4) is 0 Å². The van der Waals surface area contributed by atoms with Crippen molar-refractivity contribution in [2.24, 2.45) is 23.7 Å². The lowest BCUT2D eigenvalue weighted by atomic mass is 9.65. The van der Waals surface area contributed by atoms with Gasteiger partial charge in [0.1, 0.15) is 0 Å². The third-order valence-corrected chi connectivity index (χ3v) is 4.91. The summed E-state index contributed by atoms with van der Waals surface area (Å²) >= 11 is 0. The third-order valence-electron chi connectivity index (χ3n) is 4.91. The van der Waals surface area contributed by atoms with Gasteiger partial charge in [-0.05, 0) is 30.1 Å². The van der Waals surface area contributed by atoms with Gasteiger partial charge in [0.25, 0.3) is 0 Å². The van der Waals surface area contributed by atoms with Crippen LogP contribution in [0, 0.1) is 23.7 Å². The van der Waals surface area contributed by atoms with Crippen LogP contribution < -0.4 is 0 Å². The fraction of sp³-hybridized carbons (Fsp3) is 1.00. The molecule has 15 heavy (non-hydrogen) atoms. The van der Waals surface area contributed by atoms with E-state index in [0.29, 0.717) is 0 Å². The van der Waals surface area contributed by atoms with Crippen molar-refractivity contribution in [3.63, 3.8) is 0 Å². The zero-order valence-electron chi connectivity index (χ0n) is 11.3. The van der Waals surface area contributed by atoms with E-state index >= 15 is 0 Å². The summed E-state index contributed by atoms with van der Waals surface area (Å²) in [5.74, 6) is 4.09. The standard InChI is InChI=1S/C15H30/c1-5-14(6-2)9-7-8-10-15-11-12(3)13(15)4/h12-15H,5-11H2,1-4H3. The van der Waals surface area contributed by atoms with Crippen LogP contribution in [0.5, 0.6) is 0 Å². The smallest absolute Gasteiger partial charge is 0.0383 e. The molecule has 0 aliphatic heterocycles. The van der Waals surface area contributed by atoms with Gasteiger partial charge < -0.3 is 0 Å². The summed E-state index contributed by atoms with van der Waals surface area (Å²) in [6.07, 6.45) is 10.2. The van der Waals surface area contributed by atoms with E-state index in [0.717, 1.165) is 23.7 Å². The van der Waals surface area contributed by atoms with E-state index in [2.05, 4.69) is 27.7 Å². The topological polar surface area (TPSA) is 0 Å². The van der Waals surface area contributed by atoms with Gasteiger partial charge in [-0.25, -0.2) is 0 Å². The van der Waals surface area contributed by atoms with Crippen molar-refractivity contribution in [1.82, 2.24) is 0 Å². The molecule has 0 aromatic carbocycles. The molecule has 1 rings (SSSR count). The minimum atomic E-state index is 1.00. The Balaban J connectivity index is 1.98. The number of hydrogen-bond donors (Lipinski definition) is 0. The van der Waals surface area contributed by atoms with Gasteiger partial charge in [0.05, 0.1) is 0 Å². The van der Waals surface area contributed by atoms with Gasteiger partial charge in [0.2, 0.25) is 0 Å². The largest absolute Gasteiger partial charge is 0.0651 e. The highest BCUT2D eigenvalue weighted by atomic mass is 14.4. The van der Waals surface area contributed by atoms with Crippen molar-refractivity contribution in [2.45, 2.75) is 72.6 Å². The maximum Gasteiger partial charge on any atom is -0.0383 e. The molecule has 1 aliphatic rings. The maximum atomic E-state index is 2.44. The summed E-state index contributed by atoms with van der Waals surface area (Å²) in [4.78, 5) is 0. The summed E-state index contributed by atoms with van der Waals surface area (Å²) in [6.45, 7) is 9.53. The molecule has 0 bridgehead atoms. The van der Waals surface area contributed by atoms with E-state index in [4.69, 9.17) is 0 Å². The SMILES string of the molecule is CCC(CC)CCCCC1CC(C)C1C. The highest BCUT2D eigenvalue weighted by molar-refractivity contribution is 4.83. The van der Waals surface area contributed by atoms with Crippen LogP contribution in [0.2, 0.25) is 0 Å². The Morgan fingerprint density at radius 1 is 1.07 bits per heavy atom. The van der Waals surface area contributed by atoms with Gasteiger partial charge >= 0.3 is 0 Å². The summed E-state index contributed by atoms with van der Waals surface area (Å²) in [5.41, 5.74) is 0. The molecule has 0 heterocycles. The lowest BCUT2D eigenvalue weighted by molar-refractivity contribution is 0.0920. The molecule has 0 aromatic rings. The average molecular weight is 210 g/mol. The second-order valence-electron chi connectivity index (χ2n) is 5.80. The maximum absolute atomic E-state index is 2.44. The Kier molecular flexibility index (Phi) is 5.71. The highest BCUT2D eigenvalue weighted by Crippen LogP contribution is 2.42. The molecule has 0 radical (unpaired) electrons. The lowest BCUT2D eigenvalue weighted by Gasteiger charge is -2.41. The molecule has 3 atom stereocenters. The van der Waals surface area contributed by atoms with E-state index in [1.54, 1.807) is 0 Å². The van der Waals surface area contributed by atoms with Crippen molar-refractivity contribution in [2.75, 3.05) is 0 Å². The molecule has 3 unspecified atom stereocenters. The van der Waals surface area contributed by atoms with Crippen LogP contribution in [0.1, 0.15) is 72.6 Å². The van der Waals surface area contributed by atoms with E-state index in [-0.39, 0.29) is 0 Å². The summed E-state index contributed by atoms with van der Waals surface area (Å²) in [7, 11) is 0. The molecule has 0 aromatic heterocycles. The number of hydrogen-bond acceptors (Lipinski definition) is 0. The van der Waals surface area contributed by atoms with Crippen molar-refractivity contribution >= 4 is 0 Å². The first-order valence-corrected chi connectivity index (χ1v) is 7.19. The molecule has 0 N–H and O–H groups in total. The first kappa shape index (κ1) is 13.1. The molecular formula is C15H30. The van der Waals surface area contributed by atoms with Crippen LogP contribution in [0.15, 0.2) is 0 Å². The fourth-order valence-corrected chi connectivity index (χ4v) is 3.09. The molecule has 0 spiro atoms. The Bertz CT molecular complexity index is 157. The zero-order chi connectivity index (χ0) is 11.3. The van der Waals surface area contributed by atoms with Crippen LogP contribution in [-0.2, 0) is 0 Å². The van der Waals surface area contributed by atoms with Gasteiger partial charge in [-0.15, -0.1) is 0 Å². The molecule has 0 nitrogen and oxygen atoms in total. The van der Waals surface area contributed by atoms with Crippen LogP contribution in [-0.4, -0.2) is 0 Å². The van der Waals surface area contributed by atoms with Crippen LogP contribution >= 0.6 is 0 Å². The Morgan fingerprint density at radius 3 is 2.20 bits per heavy atom. The Labute approximate surface area is 96.8 Å². The fourth-order valence-electron chi connectivity index (χ4n) is 3.09. The van der Waals surface area contributed by atoms with Crippen molar-refractivity contribution in [3.05, 3.63) is 0 Å². The minimum absolute atomic E-state index is 1.00. The molecule has 90 valence electrons. The van der Waals surface area contributed by atoms with Crippen molar-refractivity contribution in [1.29, 1.82) is 0 Å². The second-order valence-corrected chi connectivity index (χ2v) is 5.80. The predicted molar refractivity (Wildman–Crippen MR) is 69.0 cm³/mol. The van der Waals surface area contributed by atoms with E-state index in [1.807, 2.05) is 0 Å². The average Bonchev–Trinajstić information content (AvgIpc) is 2.27. The third kappa shape index (κ3) is 3.81. The van der Waals surface area contributed by atoms with Crippen LogP contribution in [0.25, 0.3) is 0 Å². The second kappa shape index (κ2) is 6.55. The van der Waals surface area contributed by atoms with Gasteiger partial charge in [0, 0.05) is 0 Å². The first-order valence-electron chi connectivity index (χ1n) is 7.19. The molecular weight excluding hydrogens is 180 g/mol. The van der Waals surface area contributed by atoms with Crippen molar-refractivity contribution in [3.8, 4) is 0 Å².